The van der Waals surface area contributed by atoms with E-state index in [9.17, 15) is 13.7 Å². The number of nitrogens with two attached hydrogens (primary N) is 1. The van der Waals surface area contributed by atoms with Crippen molar-refractivity contribution in [3.63, 3.8) is 0 Å². The molecule has 0 aliphatic heterocycles. The third-order valence-corrected chi connectivity index (χ3v) is 5.16. The summed E-state index contributed by atoms with van der Waals surface area (Å²) >= 11 is 0. The van der Waals surface area contributed by atoms with E-state index in [0.29, 0.717) is 28.7 Å². The number of sulfonamides is 1. The molecule has 3 aromatic rings. The van der Waals surface area contributed by atoms with Crippen LogP contribution in [0.15, 0.2) is 29.4 Å². The first-order chi connectivity index (χ1) is 11.4. The molecule has 0 unspecified atom stereocenters. The Labute approximate surface area is 138 Å². The molecule has 0 amide bonds. The predicted octanol–water partition coefficient (Wildman–Crippen LogP) is 1.95. The number of rotatable bonds is 4. The lowest BCUT2D eigenvalue weighted by molar-refractivity contribution is 0.600. The number of nitriles is 1. The van der Waals surface area contributed by atoms with Crippen molar-refractivity contribution in [1.29, 1.82) is 5.26 Å². The fourth-order valence-electron chi connectivity index (χ4n) is 2.58. The molecule has 9 heteroatoms. The molecular formula is C15H16N6O2S. The summed E-state index contributed by atoms with van der Waals surface area (Å²) in [6, 6.07) is 5.49. The van der Waals surface area contributed by atoms with Crippen LogP contribution in [0.4, 0.5) is 11.5 Å². The molecular weight excluding hydrogens is 328 g/mol. The number of aromatic amines is 1. The maximum atomic E-state index is 12.6. The maximum Gasteiger partial charge on any atom is 0.267 e. The van der Waals surface area contributed by atoms with Crippen LogP contribution in [0.1, 0.15) is 18.1 Å². The zero-order valence-electron chi connectivity index (χ0n) is 13.2. The standard InChI is InChI=1S/C15H16N6O2S/c1-3-21-8-12(15(17)19-21)24(22,23)20-11-5-4-9(2)13-10(6-16)7-18-14(11)13/h4-5,7-8,18,20H,3H2,1-2H3,(H2,17,19). The summed E-state index contributed by atoms with van der Waals surface area (Å²) in [5.74, 6) is -0.0584. The number of nitrogens with one attached hydrogen (secondary N) is 2. The minimum absolute atomic E-state index is 0.0584. The smallest absolute Gasteiger partial charge is 0.267 e. The normalized spacial score (nSPS) is 11.5. The molecule has 8 nitrogen and oxygen atoms in total. The van der Waals surface area contributed by atoms with Gasteiger partial charge in [-0.25, -0.2) is 8.42 Å². The first-order valence-electron chi connectivity index (χ1n) is 7.24. The topological polar surface area (TPSA) is 130 Å². The fourth-order valence-corrected chi connectivity index (χ4v) is 3.73. The number of nitrogens with zero attached hydrogens (tertiary/aromatic N) is 3. The van der Waals surface area contributed by atoms with Gasteiger partial charge in [0.25, 0.3) is 10.0 Å². The number of nitrogen functional groups attached to an aromatic ring is 1. The lowest BCUT2D eigenvalue weighted by atomic mass is 10.1. The Balaban J connectivity index is 2.09. The molecule has 4 N–H and O–H groups in total. The van der Waals surface area contributed by atoms with Gasteiger partial charge in [-0.1, -0.05) is 6.07 Å². The van der Waals surface area contributed by atoms with E-state index in [1.54, 1.807) is 18.3 Å². The molecule has 0 aliphatic carbocycles. The Morgan fingerprint density at radius 3 is 2.83 bits per heavy atom. The van der Waals surface area contributed by atoms with Crippen LogP contribution in [-0.4, -0.2) is 23.2 Å². The average molecular weight is 344 g/mol. The van der Waals surface area contributed by atoms with E-state index in [2.05, 4.69) is 20.9 Å². The van der Waals surface area contributed by atoms with E-state index in [1.165, 1.54) is 10.9 Å². The number of anilines is 2. The van der Waals surface area contributed by atoms with Gasteiger partial charge in [-0.05, 0) is 25.5 Å². The summed E-state index contributed by atoms with van der Waals surface area (Å²) in [5, 5.41) is 13.8. The van der Waals surface area contributed by atoms with Gasteiger partial charge in [0.15, 0.2) is 5.82 Å². The summed E-state index contributed by atoms with van der Waals surface area (Å²) in [5.41, 5.74) is 7.96. The predicted molar refractivity (Wildman–Crippen MR) is 90.9 cm³/mol. The Kier molecular flexibility index (Phi) is 3.69. The molecule has 1 aromatic carbocycles. The minimum Gasteiger partial charge on any atom is -0.381 e. The molecule has 0 bridgehead atoms. The second-order valence-electron chi connectivity index (χ2n) is 5.33. The van der Waals surface area contributed by atoms with Crippen molar-refractivity contribution in [2.24, 2.45) is 0 Å². The molecule has 0 aliphatic rings. The van der Waals surface area contributed by atoms with Gasteiger partial charge in [0.05, 0.1) is 16.8 Å². The van der Waals surface area contributed by atoms with Crippen LogP contribution < -0.4 is 10.5 Å². The number of aromatic nitrogens is 3. The Morgan fingerprint density at radius 1 is 1.46 bits per heavy atom. The SMILES string of the molecule is CCn1cc(S(=O)(=O)Nc2ccc(C)c3c(C#N)c[nH]c23)c(N)n1. The monoisotopic (exact) mass is 344 g/mol. The Hall–Kier alpha value is -2.99. The van der Waals surface area contributed by atoms with Gasteiger partial charge in [0, 0.05) is 24.3 Å². The van der Waals surface area contributed by atoms with Crippen LogP contribution in [0.3, 0.4) is 0 Å². The molecule has 0 saturated carbocycles. The molecule has 0 saturated heterocycles. The number of aryl methyl sites for hydroxylation is 2. The van der Waals surface area contributed by atoms with Crippen molar-refractivity contribution in [2.45, 2.75) is 25.3 Å². The fraction of sp³-hybridized carbons (Fsp3) is 0.200. The number of benzene rings is 1. The molecule has 3 rings (SSSR count). The first kappa shape index (κ1) is 15.9. The van der Waals surface area contributed by atoms with E-state index < -0.39 is 10.0 Å². The summed E-state index contributed by atoms with van der Waals surface area (Å²) in [7, 11) is -3.90. The van der Waals surface area contributed by atoms with Gasteiger partial charge < -0.3 is 10.7 Å². The van der Waals surface area contributed by atoms with Gasteiger partial charge in [-0.15, -0.1) is 0 Å². The lowest BCUT2D eigenvalue weighted by Gasteiger charge is -2.09. The average Bonchev–Trinajstić information content (AvgIpc) is 3.14. The largest absolute Gasteiger partial charge is 0.381 e. The van der Waals surface area contributed by atoms with Crippen LogP contribution in [0, 0.1) is 18.3 Å². The van der Waals surface area contributed by atoms with Crippen LogP contribution >= 0.6 is 0 Å². The molecule has 0 radical (unpaired) electrons. The summed E-state index contributed by atoms with van der Waals surface area (Å²) < 4.78 is 29.2. The van der Waals surface area contributed by atoms with Gasteiger partial charge in [-0.3, -0.25) is 9.40 Å². The Bertz CT molecular complexity index is 1070. The van der Waals surface area contributed by atoms with Crippen LogP contribution in [-0.2, 0) is 16.6 Å². The highest BCUT2D eigenvalue weighted by atomic mass is 32.2. The van der Waals surface area contributed by atoms with Crippen molar-refractivity contribution < 1.29 is 8.42 Å². The molecule has 24 heavy (non-hydrogen) atoms. The van der Waals surface area contributed by atoms with Crippen LogP contribution in [0.5, 0.6) is 0 Å². The van der Waals surface area contributed by atoms with E-state index in [0.717, 1.165) is 5.56 Å². The van der Waals surface area contributed by atoms with E-state index in [4.69, 9.17) is 5.73 Å². The highest BCUT2D eigenvalue weighted by Crippen LogP contribution is 2.30. The molecule has 0 spiro atoms. The van der Waals surface area contributed by atoms with Gasteiger partial charge >= 0.3 is 0 Å². The zero-order valence-corrected chi connectivity index (χ0v) is 14.0. The van der Waals surface area contributed by atoms with Crippen molar-refractivity contribution in [1.82, 2.24) is 14.8 Å². The quantitative estimate of drug-likeness (QED) is 0.666. The third-order valence-electron chi connectivity index (χ3n) is 3.78. The lowest BCUT2D eigenvalue weighted by Crippen LogP contribution is -2.14. The summed E-state index contributed by atoms with van der Waals surface area (Å²) in [4.78, 5) is 2.87. The van der Waals surface area contributed by atoms with E-state index in [1.807, 2.05) is 13.8 Å². The van der Waals surface area contributed by atoms with Crippen LogP contribution in [0.25, 0.3) is 10.9 Å². The summed E-state index contributed by atoms with van der Waals surface area (Å²) in [6.07, 6.45) is 2.94. The number of H-pyrrole nitrogens is 1. The van der Waals surface area contributed by atoms with Crippen molar-refractivity contribution in [3.05, 3.63) is 35.7 Å². The number of fused-ring (bicyclic) bond motifs is 1. The van der Waals surface area contributed by atoms with Crippen molar-refractivity contribution >= 4 is 32.4 Å². The molecule has 2 heterocycles. The summed E-state index contributed by atoms with van der Waals surface area (Å²) in [6.45, 7) is 4.21. The molecule has 124 valence electrons. The van der Waals surface area contributed by atoms with Gasteiger partial charge in [-0.2, -0.15) is 10.4 Å². The first-order valence-corrected chi connectivity index (χ1v) is 8.72. The number of hydrogen-bond acceptors (Lipinski definition) is 5. The highest BCUT2D eigenvalue weighted by molar-refractivity contribution is 7.92. The zero-order chi connectivity index (χ0) is 17.5. The third kappa shape index (κ3) is 2.47. The van der Waals surface area contributed by atoms with E-state index in [-0.39, 0.29) is 10.7 Å². The van der Waals surface area contributed by atoms with Crippen molar-refractivity contribution in [2.75, 3.05) is 10.5 Å². The maximum absolute atomic E-state index is 12.6. The van der Waals surface area contributed by atoms with Crippen LogP contribution in [0.2, 0.25) is 0 Å². The number of hydrogen-bond donors (Lipinski definition) is 3. The Morgan fingerprint density at radius 2 is 2.21 bits per heavy atom. The van der Waals surface area contributed by atoms with Crippen molar-refractivity contribution in [3.8, 4) is 6.07 Å². The van der Waals surface area contributed by atoms with E-state index >= 15 is 0 Å². The molecule has 0 fully saturated rings. The second-order valence-corrected chi connectivity index (χ2v) is 6.98. The molecule has 2 aromatic heterocycles. The second kappa shape index (κ2) is 5.58. The highest BCUT2D eigenvalue weighted by Gasteiger charge is 2.22. The van der Waals surface area contributed by atoms with Gasteiger partial charge in [0.2, 0.25) is 0 Å². The van der Waals surface area contributed by atoms with Gasteiger partial charge in [0.1, 0.15) is 11.0 Å². The molecule has 0 atom stereocenters. The minimum atomic E-state index is -3.90.